The summed E-state index contributed by atoms with van der Waals surface area (Å²) in [5, 5.41) is 0.903. The minimum Gasteiger partial charge on any atom is -0.469 e. The summed E-state index contributed by atoms with van der Waals surface area (Å²) in [4.78, 5) is 11.4. The lowest BCUT2D eigenvalue weighted by atomic mass is 10.1. The van der Waals surface area contributed by atoms with Crippen molar-refractivity contribution in [2.75, 3.05) is 0 Å². The van der Waals surface area contributed by atoms with Crippen molar-refractivity contribution in [1.29, 1.82) is 0 Å². The van der Waals surface area contributed by atoms with Gasteiger partial charge in [-0.25, -0.2) is 9.97 Å². The van der Waals surface area contributed by atoms with Gasteiger partial charge in [0.2, 0.25) is 5.88 Å². The summed E-state index contributed by atoms with van der Waals surface area (Å²) >= 11 is 0. The van der Waals surface area contributed by atoms with Crippen molar-refractivity contribution in [3.63, 3.8) is 0 Å². The van der Waals surface area contributed by atoms with Crippen molar-refractivity contribution >= 4 is 11.0 Å². The Balaban J connectivity index is 1.91. The van der Waals surface area contributed by atoms with Crippen LogP contribution in [0.5, 0.6) is 5.88 Å². The zero-order valence-corrected chi connectivity index (χ0v) is 10.00. The number of rotatable bonds is 3. The van der Waals surface area contributed by atoms with Crippen LogP contribution in [0.3, 0.4) is 0 Å². The second-order valence-electron chi connectivity index (χ2n) is 4.09. The molecule has 2 aromatic heterocycles. The van der Waals surface area contributed by atoms with E-state index in [1.165, 1.54) is 6.33 Å². The normalized spacial score (nSPS) is 12.5. The molecule has 0 aliphatic carbocycles. The minimum absolute atomic E-state index is 0.0424. The molecule has 4 heteroatoms. The fraction of sp³-hybridized carbons (Fsp3) is 0.143. The molecule has 1 aromatic carbocycles. The molecule has 2 heterocycles. The maximum absolute atomic E-state index is 5.90. The van der Waals surface area contributed by atoms with Crippen LogP contribution in [0.2, 0.25) is 0 Å². The molecule has 1 N–H and O–H groups in total. The minimum atomic E-state index is -0.0424. The first kappa shape index (κ1) is 10.8. The largest absolute Gasteiger partial charge is 0.469 e. The van der Waals surface area contributed by atoms with Crippen LogP contribution in [0.15, 0.2) is 48.9 Å². The molecule has 18 heavy (non-hydrogen) atoms. The molecule has 3 rings (SSSR count). The number of hydrogen-bond donors (Lipinski definition) is 1. The van der Waals surface area contributed by atoms with E-state index in [1.54, 1.807) is 0 Å². The number of benzene rings is 1. The highest BCUT2D eigenvalue weighted by atomic mass is 16.5. The van der Waals surface area contributed by atoms with Gasteiger partial charge in [-0.15, -0.1) is 0 Å². The van der Waals surface area contributed by atoms with E-state index in [1.807, 2.05) is 49.5 Å². The molecule has 0 radical (unpaired) electrons. The maximum atomic E-state index is 5.90. The molecular weight excluding hydrogens is 226 g/mol. The SMILES string of the molecule is CC(Oc1ncnc2[nH]ccc12)c1ccccc1. The van der Waals surface area contributed by atoms with Crippen molar-refractivity contribution < 1.29 is 4.74 Å². The number of aromatic amines is 1. The van der Waals surface area contributed by atoms with Gasteiger partial charge < -0.3 is 9.72 Å². The molecule has 0 bridgehead atoms. The van der Waals surface area contributed by atoms with E-state index < -0.39 is 0 Å². The Bertz CT molecular complexity index is 648. The van der Waals surface area contributed by atoms with Gasteiger partial charge in [0.25, 0.3) is 0 Å². The third-order valence-corrected chi connectivity index (χ3v) is 2.87. The van der Waals surface area contributed by atoms with Gasteiger partial charge in [-0.05, 0) is 18.6 Å². The lowest BCUT2D eigenvalue weighted by molar-refractivity contribution is 0.220. The Morgan fingerprint density at radius 1 is 1.11 bits per heavy atom. The van der Waals surface area contributed by atoms with Crippen LogP contribution < -0.4 is 4.74 Å². The Kier molecular flexibility index (Phi) is 2.68. The van der Waals surface area contributed by atoms with Crippen molar-refractivity contribution in [1.82, 2.24) is 15.0 Å². The molecule has 3 aromatic rings. The topological polar surface area (TPSA) is 50.8 Å². The average molecular weight is 239 g/mol. The molecule has 0 spiro atoms. The van der Waals surface area contributed by atoms with E-state index in [-0.39, 0.29) is 6.10 Å². The van der Waals surface area contributed by atoms with Crippen LogP contribution in [0.1, 0.15) is 18.6 Å². The summed E-state index contributed by atoms with van der Waals surface area (Å²) in [5.74, 6) is 0.609. The van der Waals surface area contributed by atoms with Crippen LogP contribution in [0.4, 0.5) is 0 Å². The third-order valence-electron chi connectivity index (χ3n) is 2.87. The summed E-state index contributed by atoms with van der Waals surface area (Å²) in [6.07, 6.45) is 3.30. The smallest absolute Gasteiger partial charge is 0.226 e. The van der Waals surface area contributed by atoms with Gasteiger partial charge in [0.05, 0.1) is 5.39 Å². The van der Waals surface area contributed by atoms with Crippen LogP contribution >= 0.6 is 0 Å². The van der Waals surface area contributed by atoms with E-state index in [0.29, 0.717) is 5.88 Å². The number of nitrogens with one attached hydrogen (secondary N) is 1. The Hall–Kier alpha value is -2.36. The van der Waals surface area contributed by atoms with Gasteiger partial charge in [0.1, 0.15) is 18.1 Å². The first-order valence-corrected chi connectivity index (χ1v) is 5.84. The van der Waals surface area contributed by atoms with Crippen molar-refractivity contribution in [3.05, 3.63) is 54.5 Å². The second kappa shape index (κ2) is 4.49. The van der Waals surface area contributed by atoms with E-state index in [4.69, 9.17) is 4.74 Å². The van der Waals surface area contributed by atoms with Crippen LogP contribution in [-0.4, -0.2) is 15.0 Å². The van der Waals surface area contributed by atoms with Crippen LogP contribution in [0.25, 0.3) is 11.0 Å². The summed E-state index contributed by atoms with van der Waals surface area (Å²) < 4.78 is 5.90. The second-order valence-corrected chi connectivity index (χ2v) is 4.09. The zero-order chi connectivity index (χ0) is 12.4. The highest BCUT2D eigenvalue weighted by molar-refractivity contribution is 5.80. The summed E-state index contributed by atoms with van der Waals surface area (Å²) in [7, 11) is 0. The fourth-order valence-corrected chi connectivity index (χ4v) is 1.90. The number of fused-ring (bicyclic) bond motifs is 1. The number of aromatic nitrogens is 3. The van der Waals surface area contributed by atoms with Gasteiger partial charge >= 0.3 is 0 Å². The first-order valence-electron chi connectivity index (χ1n) is 5.84. The molecule has 0 saturated heterocycles. The van der Waals surface area contributed by atoms with Gasteiger partial charge in [-0.1, -0.05) is 30.3 Å². The Morgan fingerprint density at radius 2 is 1.94 bits per heavy atom. The van der Waals surface area contributed by atoms with E-state index in [2.05, 4.69) is 15.0 Å². The Morgan fingerprint density at radius 3 is 2.78 bits per heavy atom. The fourth-order valence-electron chi connectivity index (χ4n) is 1.90. The number of ether oxygens (including phenoxy) is 1. The molecule has 0 fully saturated rings. The van der Waals surface area contributed by atoms with Crippen LogP contribution in [-0.2, 0) is 0 Å². The molecule has 1 unspecified atom stereocenters. The molecule has 90 valence electrons. The van der Waals surface area contributed by atoms with Crippen LogP contribution in [0, 0.1) is 0 Å². The number of nitrogens with zero attached hydrogens (tertiary/aromatic N) is 2. The summed E-state index contributed by atoms with van der Waals surface area (Å²) in [6, 6.07) is 12.0. The van der Waals surface area contributed by atoms with Crippen molar-refractivity contribution in [2.45, 2.75) is 13.0 Å². The monoisotopic (exact) mass is 239 g/mol. The average Bonchev–Trinajstić information content (AvgIpc) is 2.89. The van der Waals surface area contributed by atoms with E-state index >= 15 is 0 Å². The number of H-pyrrole nitrogens is 1. The molecule has 1 atom stereocenters. The van der Waals surface area contributed by atoms with Crippen molar-refractivity contribution in [2.24, 2.45) is 0 Å². The zero-order valence-electron chi connectivity index (χ0n) is 10.00. The molecule has 0 aliphatic rings. The highest BCUT2D eigenvalue weighted by Crippen LogP contribution is 2.25. The molecule has 0 amide bonds. The van der Waals surface area contributed by atoms with Gasteiger partial charge in [0.15, 0.2) is 0 Å². The standard InChI is InChI=1S/C14H13N3O/c1-10(11-5-3-2-4-6-11)18-14-12-7-8-15-13(12)16-9-17-14/h2-10H,1H3,(H,15,16,17). The van der Waals surface area contributed by atoms with E-state index in [9.17, 15) is 0 Å². The molecule has 0 aliphatic heterocycles. The van der Waals surface area contributed by atoms with E-state index in [0.717, 1.165) is 16.6 Å². The lowest BCUT2D eigenvalue weighted by Gasteiger charge is -2.14. The molecule has 0 saturated carbocycles. The summed E-state index contributed by atoms with van der Waals surface area (Å²) in [5.41, 5.74) is 1.92. The maximum Gasteiger partial charge on any atom is 0.226 e. The summed E-state index contributed by atoms with van der Waals surface area (Å²) in [6.45, 7) is 2.01. The third kappa shape index (κ3) is 1.93. The predicted octanol–water partition coefficient (Wildman–Crippen LogP) is 3.10. The van der Waals surface area contributed by atoms with Gasteiger partial charge in [0, 0.05) is 6.20 Å². The molecular formula is C14H13N3O. The molecule has 4 nitrogen and oxygen atoms in total. The lowest BCUT2D eigenvalue weighted by Crippen LogP contribution is -2.04. The van der Waals surface area contributed by atoms with Gasteiger partial charge in [-0.2, -0.15) is 0 Å². The van der Waals surface area contributed by atoms with Gasteiger partial charge in [-0.3, -0.25) is 0 Å². The predicted molar refractivity (Wildman–Crippen MR) is 69.4 cm³/mol. The Labute approximate surface area is 105 Å². The van der Waals surface area contributed by atoms with Crippen molar-refractivity contribution in [3.8, 4) is 5.88 Å². The quantitative estimate of drug-likeness (QED) is 0.764. The number of hydrogen-bond acceptors (Lipinski definition) is 3. The first-order chi connectivity index (χ1) is 8.84. The highest BCUT2D eigenvalue weighted by Gasteiger charge is 2.11.